The lowest BCUT2D eigenvalue weighted by molar-refractivity contribution is 0.152. The van der Waals surface area contributed by atoms with Crippen LogP contribution >= 0.6 is 0 Å². The third-order valence-corrected chi connectivity index (χ3v) is 5.76. The zero-order chi connectivity index (χ0) is 19.8. The predicted octanol–water partition coefficient (Wildman–Crippen LogP) is 1.55. The minimum Gasteiger partial charge on any atom is -0.368 e. The van der Waals surface area contributed by atoms with Gasteiger partial charge in [0.25, 0.3) is 0 Å². The van der Waals surface area contributed by atoms with Gasteiger partial charge in [-0.05, 0) is 50.7 Å². The lowest BCUT2D eigenvalue weighted by Gasteiger charge is -2.37. The molecule has 3 rings (SSSR count). The number of nitrogens with zero attached hydrogens (tertiary/aromatic N) is 5. The molecule has 0 unspecified atom stereocenters. The monoisotopic (exact) mass is 390 g/mol. The second-order valence-corrected chi connectivity index (χ2v) is 7.78. The van der Waals surface area contributed by atoms with Gasteiger partial charge in [0, 0.05) is 71.6 Å². The zero-order valence-corrected chi connectivity index (χ0v) is 17.4. The zero-order valence-electron chi connectivity index (χ0n) is 17.4. The molecule has 1 aromatic carbocycles. The number of anilines is 1. The van der Waals surface area contributed by atoms with Crippen LogP contribution in [0.25, 0.3) is 0 Å². The highest BCUT2D eigenvalue weighted by Gasteiger charge is 2.19. The van der Waals surface area contributed by atoms with Gasteiger partial charge in [0.2, 0.25) is 0 Å². The number of piperazine rings is 2. The number of guanidine groups is 1. The summed E-state index contributed by atoms with van der Waals surface area (Å²) in [5.41, 5.74) is 1.09. The van der Waals surface area contributed by atoms with E-state index in [-0.39, 0.29) is 5.82 Å². The van der Waals surface area contributed by atoms with E-state index < -0.39 is 0 Å². The third-order valence-electron chi connectivity index (χ3n) is 5.76. The highest BCUT2D eigenvalue weighted by molar-refractivity contribution is 5.80. The molecule has 2 aliphatic heterocycles. The van der Waals surface area contributed by atoms with Crippen molar-refractivity contribution >= 4 is 11.6 Å². The number of likely N-dealkylation sites (N-methyl/N-ethyl adjacent to an activating group) is 1. The first-order chi connectivity index (χ1) is 13.7. The van der Waals surface area contributed by atoms with Crippen molar-refractivity contribution in [3.05, 3.63) is 30.1 Å². The van der Waals surface area contributed by atoms with Crippen LogP contribution < -0.4 is 10.2 Å². The Balaban J connectivity index is 1.33. The van der Waals surface area contributed by atoms with Crippen LogP contribution in [0, 0.1) is 5.82 Å². The van der Waals surface area contributed by atoms with E-state index in [1.54, 1.807) is 0 Å². The number of nitrogens with one attached hydrogen (secondary N) is 1. The standard InChI is InChI=1S/C21H35FN6/c1-23-21(24-9-3-4-10-26-13-11-25(2)12-14-26)28-17-15-27(16-18-28)20-7-5-19(22)6-8-20/h5-8H,3-4,9-18H2,1-2H3,(H,23,24). The van der Waals surface area contributed by atoms with Crippen LogP contribution in [-0.2, 0) is 0 Å². The Morgan fingerprint density at radius 1 is 0.964 bits per heavy atom. The normalized spacial score (nSPS) is 19.9. The molecule has 28 heavy (non-hydrogen) atoms. The van der Waals surface area contributed by atoms with Gasteiger partial charge in [-0.1, -0.05) is 0 Å². The molecule has 0 atom stereocenters. The molecule has 7 heteroatoms. The Labute approximate surface area is 169 Å². The quantitative estimate of drug-likeness (QED) is 0.453. The first kappa shape index (κ1) is 20.9. The van der Waals surface area contributed by atoms with Gasteiger partial charge in [-0.25, -0.2) is 4.39 Å². The van der Waals surface area contributed by atoms with Crippen LogP contribution in [-0.4, -0.2) is 100 Å². The number of unbranched alkanes of at least 4 members (excludes halogenated alkanes) is 1. The van der Waals surface area contributed by atoms with Gasteiger partial charge < -0.3 is 24.9 Å². The van der Waals surface area contributed by atoms with Crippen molar-refractivity contribution in [2.45, 2.75) is 12.8 Å². The number of hydrogen-bond acceptors (Lipinski definition) is 4. The van der Waals surface area contributed by atoms with E-state index in [4.69, 9.17) is 0 Å². The van der Waals surface area contributed by atoms with Gasteiger partial charge in [0.15, 0.2) is 5.96 Å². The van der Waals surface area contributed by atoms with Crippen molar-refractivity contribution in [3.63, 3.8) is 0 Å². The summed E-state index contributed by atoms with van der Waals surface area (Å²) in [6.45, 7) is 10.7. The molecule has 0 radical (unpaired) electrons. The van der Waals surface area contributed by atoms with E-state index in [1.165, 1.54) is 57.7 Å². The Bertz CT molecular complexity index is 604. The van der Waals surface area contributed by atoms with Crippen LogP contribution in [0.4, 0.5) is 10.1 Å². The van der Waals surface area contributed by atoms with Crippen LogP contribution in [0.5, 0.6) is 0 Å². The summed E-state index contributed by atoms with van der Waals surface area (Å²) in [6, 6.07) is 6.78. The minimum absolute atomic E-state index is 0.181. The first-order valence-corrected chi connectivity index (χ1v) is 10.5. The number of aliphatic imine (C=N–C) groups is 1. The summed E-state index contributed by atoms with van der Waals surface area (Å²) in [4.78, 5) is 14.1. The van der Waals surface area contributed by atoms with E-state index in [1.807, 2.05) is 19.2 Å². The second kappa shape index (κ2) is 10.6. The fourth-order valence-corrected chi connectivity index (χ4v) is 3.89. The number of rotatable bonds is 6. The molecule has 6 nitrogen and oxygen atoms in total. The average molecular weight is 391 g/mol. The van der Waals surface area contributed by atoms with Crippen LogP contribution in [0.15, 0.2) is 29.3 Å². The Hall–Kier alpha value is -1.86. The lowest BCUT2D eigenvalue weighted by Crippen LogP contribution is -2.52. The summed E-state index contributed by atoms with van der Waals surface area (Å²) in [6.07, 6.45) is 2.40. The van der Waals surface area contributed by atoms with Crippen molar-refractivity contribution < 1.29 is 4.39 Å². The molecule has 0 aliphatic carbocycles. The molecular weight excluding hydrogens is 355 g/mol. The predicted molar refractivity (Wildman–Crippen MR) is 115 cm³/mol. The Morgan fingerprint density at radius 2 is 1.64 bits per heavy atom. The second-order valence-electron chi connectivity index (χ2n) is 7.78. The van der Waals surface area contributed by atoms with Crippen molar-refractivity contribution in [2.75, 3.05) is 84.4 Å². The van der Waals surface area contributed by atoms with Gasteiger partial charge in [0.1, 0.15) is 5.82 Å². The molecule has 2 fully saturated rings. The molecule has 2 heterocycles. The van der Waals surface area contributed by atoms with Crippen LogP contribution in [0.3, 0.4) is 0 Å². The lowest BCUT2D eigenvalue weighted by atomic mass is 10.2. The van der Waals surface area contributed by atoms with Crippen molar-refractivity contribution in [1.29, 1.82) is 0 Å². The molecule has 0 amide bonds. The molecule has 0 spiro atoms. The van der Waals surface area contributed by atoms with Gasteiger partial charge in [-0.3, -0.25) is 4.99 Å². The maximum Gasteiger partial charge on any atom is 0.193 e. The summed E-state index contributed by atoms with van der Waals surface area (Å²) in [5, 5.41) is 3.53. The summed E-state index contributed by atoms with van der Waals surface area (Å²) >= 11 is 0. The first-order valence-electron chi connectivity index (χ1n) is 10.5. The van der Waals surface area contributed by atoms with Crippen LogP contribution in [0.1, 0.15) is 12.8 Å². The summed E-state index contributed by atoms with van der Waals surface area (Å²) in [5.74, 6) is 0.818. The van der Waals surface area contributed by atoms with Crippen molar-refractivity contribution in [3.8, 4) is 0 Å². The molecular formula is C21H35FN6. The van der Waals surface area contributed by atoms with E-state index in [9.17, 15) is 4.39 Å². The SMILES string of the molecule is CN=C(NCCCCN1CCN(C)CC1)N1CCN(c2ccc(F)cc2)CC1. The van der Waals surface area contributed by atoms with Crippen molar-refractivity contribution in [1.82, 2.24) is 20.0 Å². The maximum atomic E-state index is 13.1. The Kier molecular flexibility index (Phi) is 7.91. The molecule has 0 aromatic heterocycles. The fourth-order valence-electron chi connectivity index (χ4n) is 3.89. The topological polar surface area (TPSA) is 37.4 Å². The van der Waals surface area contributed by atoms with Gasteiger partial charge >= 0.3 is 0 Å². The Morgan fingerprint density at radius 3 is 2.29 bits per heavy atom. The van der Waals surface area contributed by atoms with Gasteiger partial charge in [-0.15, -0.1) is 0 Å². The smallest absolute Gasteiger partial charge is 0.193 e. The number of benzene rings is 1. The summed E-state index contributed by atoms with van der Waals surface area (Å²) < 4.78 is 13.1. The molecule has 2 aliphatic rings. The maximum absolute atomic E-state index is 13.1. The number of hydrogen-bond donors (Lipinski definition) is 1. The molecule has 1 aromatic rings. The molecule has 0 bridgehead atoms. The molecule has 156 valence electrons. The molecule has 1 N–H and O–H groups in total. The molecule has 2 saturated heterocycles. The third kappa shape index (κ3) is 6.07. The molecule has 0 saturated carbocycles. The van der Waals surface area contributed by atoms with E-state index in [2.05, 4.69) is 37.0 Å². The largest absolute Gasteiger partial charge is 0.368 e. The van der Waals surface area contributed by atoms with E-state index in [0.717, 1.165) is 44.4 Å². The highest BCUT2D eigenvalue weighted by atomic mass is 19.1. The van der Waals surface area contributed by atoms with Gasteiger partial charge in [0.05, 0.1) is 0 Å². The van der Waals surface area contributed by atoms with Crippen molar-refractivity contribution in [2.24, 2.45) is 4.99 Å². The number of halogens is 1. The van der Waals surface area contributed by atoms with E-state index in [0.29, 0.717) is 0 Å². The summed E-state index contributed by atoms with van der Waals surface area (Å²) in [7, 11) is 4.06. The highest BCUT2D eigenvalue weighted by Crippen LogP contribution is 2.17. The fraction of sp³-hybridized carbons (Fsp3) is 0.667. The minimum atomic E-state index is -0.181. The van der Waals surface area contributed by atoms with Gasteiger partial charge in [-0.2, -0.15) is 0 Å². The average Bonchev–Trinajstić information content (AvgIpc) is 2.73. The van der Waals surface area contributed by atoms with E-state index >= 15 is 0 Å². The van der Waals surface area contributed by atoms with Crippen LogP contribution in [0.2, 0.25) is 0 Å².